The number of carboxylic acids is 1. The van der Waals surface area contributed by atoms with E-state index in [1.165, 1.54) is 4.90 Å². The molecule has 0 aromatic carbocycles. The summed E-state index contributed by atoms with van der Waals surface area (Å²) in [6.07, 6.45) is 2.07. The first-order chi connectivity index (χ1) is 7.56. The normalized spacial score (nSPS) is 12.1. The summed E-state index contributed by atoms with van der Waals surface area (Å²) in [7, 11) is 1.61. The number of carbonyl (C=O) groups excluding carboxylic acids is 1. The number of hydrogen-bond donors (Lipinski definition) is 2. The van der Waals surface area contributed by atoms with Crippen LogP contribution in [0.3, 0.4) is 0 Å². The Morgan fingerprint density at radius 1 is 1.56 bits per heavy atom. The monoisotopic (exact) mass is 224 g/mol. The van der Waals surface area contributed by atoms with Gasteiger partial charge in [0.25, 0.3) is 0 Å². The van der Waals surface area contributed by atoms with Crippen molar-refractivity contribution in [3.05, 3.63) is 24.0 Å². The third kappa shape index (κ3) is 2.85. The standard InChI is InChI=1S/C11H16N2O3/c1-3-9(11(15)16)10(14)13(2)7-8-5-4-6-12-8/h4-6,9,12H,3,7H2,1-2H3,(H,15,16). The van der Waals surface area contributed by atoms with E-state index >= 15 is 0 Å². The Bertz CT molecular complexity index is 359. The molecule has 16 heavy (non-hydrogen) atoms. The van der Waals surface area contributed by atoms with Crippen LogP contribution in [-0.2, 0) is 16.1 Å². The maximum Gasteiger partial charge on any atom is 0.316 e. The molecule has 0 bridgehead atoms. The lowest BCUT2D eigenvalue weighted by atomic mass is 10.1. The van der Waals surface area contributed by atoms with Crippen LogP contribution in [0.5, 0.6) is 0 Å². The first kappa shape index (κ1) is 12.3. The minimum Gasteiger partial charge on any atom is -0.481 e. The number of nitrogens with zero attached hydrogens (tertiary/aromatic N) is 1. The fourth-order valence-corrected chi connectivity index (χ4v) is 1.52. The third-order valence-electron chi connectivity index (χ3n) is 2.45. The Morgan fingerprint density at radius 3 is 2.69 bits per heavy atom. The van der Waals surface area contributed by atoms with Crippen molar-refractivity contribution in [3.8, 4) is 0 Å². The predicted octanol–water partition coefficient (Wildman–Crippen LogP) is 1.08. The van der Waals surface area contributed by atoms with Crippen molar-refractivity contribution in [1.29, 1.82) is 0 Å². The molecule has 1 aromatic rings. The molecule has 2 N–H and O–H groups in total. The number of hydrogen-bond acceptors (Lipinski definition) is 2. The lowest BCUT2D eigenvalue weighted by molar-refractivity contribution is -0.151. The molecule has 1 aromatic heterocycles. The number of aromatic nitrogens is 1. The van der Waals surface area contributed by atoms with Crippen molar-refractivity contribution >= 4 is 11.9 Å². The number of amides is 1. The summed E-state index contributed by atoms with van der Waals surface area (Å²) in [6, 6.07) is 3.69. The Labute approximate surface area is 94.1 Å². The zero-order chi connectivity index (χ0) is 12.1. The summed E-state index contributed by atoms with van der Waals surface area (Å²) in [4.78, 5) is 27.0. The molecule has 0 spiro atoms. The van der Waals surface area contributed by atoms with E-state index in [1.54, 1.807) is 20.2 Å². The molecule has 0 saturated carbocycles. The quantitative estimate of drug-likeness (QED) is 0.735. The van der Waals surface area contributed by atoms with Crippen LogP contribution in [-0.4, -0.2) is 33.9 Å². The first-order valence-corrected chi connectivity index (χ1v) is 5.16. The van der Waals surface area contributed by atoms with Crippen molar-refractivity contribution in [1.82, 2.24) is 9.88 Å². The Hall–Kier alpha value is -1.78. The fraction of sp³-hybridized carbons (Fsp3) is 0.455. The summed E-state index contributed by atoms with van der Waals surface area (Å²) >= 11 is 0. The summed E-state index contributed by atoms with van der Waals surface area (Å²) in [5, 5.41) is 8.86. The highest BCUT2D eigenvalue weighted by molar-refractivity contribution is 5.96. The van der Waals surface area contributed by atoms with E-state index in [0.29, 0.717) is 13.0 Å². The van der Waals surface area contributed by atoms with E-state index in [4.69, 9.17) is 5.11 Å². The molecule has 0 fully saturated rings. The van der Waals surface area contributed by atoms with E-state index in [0.717, 1.165) is 5.69 Å². The van der Waals surface area contributed by atoms with Gasteiger partial charge in [0.1, 0.15) is 5.92 Å². The highest BCUT2D eigenvalue weighted by Gasteiger charge is 2.27. The van der Waals surface area contributed by atoms with Gasteiger partial charge in [-0.05, 0) is 18.6 Å². The molecule has 0 radical (unpaired) electrons. The molecule has 1 rings (SSSR count). The summed E-state index contributed by atoms with van der Waals surface area (Å²) in [6.45, 7) is 2.09. The van der Waals surface area contributed by atoms with Gasteiger partial charge in [0.2, 0.25) is 5.91 Å². The number of nitrogens with one attached hydrogen (secondary N) is 1. The molecule has 1 heterocycles. The van der Waals surface area contributed by atoms with Crippen LogP contribution < -0.4 is 0 Å². The molecule has 88 valence electrons. The van der Waals surface area contributed by atoms with E-state index < -0.39 is 11.9 Å². The molecule has 1 unspecified atom stereocenters. The minimum absolute atomic E-state index is 0.309. The van der Waals surface area contributed by atoms with Gasteiger partial charge < -0.3 is 15.0 Å². The molecule has 0 saturated heterocycles. The van der Waals surface area contributed by atoms with E-state index in [9.17, 15) is 9.59 Å². The summed E-state index contributed by atoms with van der Waals surface area (Å²) in [5.41, 5.74) is 0.885. The van der Waals surface area contributed by atoms with Gasteiger partial charge in [-0.1, -0.05) is 6.92 Å². The molecule has 1 atom stereocenters. The lowest BCUT2D eigenvalue weighted by Gasteiger charge is -2.20. The zero-order valence-electron chi connectivity index (χ0n) is 9.43. The van der Waals surface area contributed by atoms with E-state index in [-0.39, 0.29) is 5.91 Å². The maximum absolute atomic E-state index is 11.8. The topological polar surface area (TPSA) is 73.4 Å². The van der Waals surface area contributed by atoms with Crippen LogP contribution in [0, 0.1) is 5.92 Å². The van der Waals surface area contributed by atoms with Gasteiger partial charge in [-0.2, -0.15) is 0 Å². The predicted molar refractivity (Wildman–Crippen MR) is 58.7 cm³/mol. The van der Waals surface area contributed by atoms with Crippen LogP contribution in [0.2, 0.25) is 0 Å². The largest absolute Gasteiger partial charge is 0.481 e. The van der Waals surface area contributed by atoms with E-state index in [1.807, 2.05) is 12.1 Å². The van der Waals surface area contributed by atoms with Gasteiger partial charge in [0.15, 0.2) is 0 Å². The van der Waals surface area contributed by atoms with Gasteiger partial charge in [-0.15, -0.1) is 0 Å². The fourth-order valence-electron chi connectivity index (χ4n) is 1.52. The van der Waals surface area contributed by atoms with Crippen LogP contribution in [0.25, 0.3) is 0 Å². The van der Waals surface area contributed by atoms with Crippen molar-refractivity contribution in [2.24, 2.45) is 5.92 Å². The van der Waals surface area contributed by atoms with Crippen LogP contribution in [0.15, 0.2) is 18.3 Å². The third-order valence-corrected chi connectivity index (χ3v) is 2.45. The smallest absolute Gasteiger partial charge is 0.316 e. The Balaban J connectivity index is 2.62. The number of carbonyl (C=O) groups is 2. The molecule has 5 heteroatoms. The molecular formula is C11H16N2O3. The highest BCUT2D eigenvalue weighted by Crippen LogP contribution is 2.09. The van der Waals surface area contributed by atoms with Crippen molar-refractivity contribution in [2.45, 2.75) is 19.9 Å². The number of H-pyrrole nitrogens is 1. The number of aromatic amines is 1. The highest BCUT2D eigenvalue weighted by atomic mass is 16.4. The van der Waals surface area contributed by atoms with Crippen molar-refractivity contribution in [2.75, 3.05) is 7.05 Å². The van der Waals surface area contributed by atoms with Crippen LogP contribution in [0.1, 0.15) is 19.0 Å². The second-order valence-corrected chi connectivity index (χ2v) is 3.69. The molecule has 5 nitrogen and oxygen atoms in total. The van der Waals surface area contributed by atoms with Gasteiger partial charge in [-0.3, -0.25) is 9.59 Å². The SMILES string of the molecule is CCC(C(=O)O)C(=O)N(C)Cc1ccc[nH]1. The zero-order valence-corrected chi connectivity index (χ0v) is 9.43. The van der Waals surface area contributed by atoms with Gasteiger partial charge in [0.05, 0.1) is 6.54 Å². The molecule has 1 amide bonds. The van der Waals surface area contributed by atoms with Crippen LogP contribution >= 0.6 is 0 Å². The Kier molecular flexibility index (Phi) is 4.10. The Morgan fingerprint density at radius 2 is 2.25 bits per heavy atom. The average Bonchev–Trinajstić information content (AvgIpc) is 2.70. The van der Waals surface area contributed by atoms with Gasteiger partial charge in [0, 0.05) is 18.9 Å². The maximum atomic E-state index is 11.8. The molecule has 0 aliphatic heterocycles. The van der Waals surface area contributed by atoms with Gasteiger partial charge >= 0.3 is 5.97 Å². The summed E-state index contributed by atoms with van der Waals surface area (Å²) < 4.78 is 0. The molecule has 0 aliphatic carbocycles. The average molecular weight is 224 g/mol. The second-order valence-electron chi connectivity index (χ2n) is 3.69. The molecular weight excluding hydrogens is 208 g/mol. The van der Waals surface area contributed by atoms with E-state index in [2.05, 4.69) is 4.98 Å². The van der Waals surface area contributed by atoms with Crippen LogP contribution in [0.4, 0.5) is 0 Å². The van der Waals surface area contributed by atoms with Crippen molar-refractivity contribution < 1.29 is 14.7 Å². The van der Waals surface area contributed by atoms with Crippen molar-refractivity contribution in [3.63, 3.8) is 0 Å². The first-order valence-electron chi connectivity index (χ1n) is 5.16. The number of rotatable bonds is 5. The minimum atomic E-state index is -1.06. The lowest BCUT2D eigenvalue weighted by Crippen LogP contribution is -2.36. The summed E-state index contributed by atoms with van der Waals surface area (Å²) in [5.74, 6) is -2.37. The van der Waals surface area contributed by atoms with Gasteiger partial charge in [-0.25, -0.2) is 0 Å². The number of carboxylic acid groups (broad SMARTS) is 1. The second kappa shape index (κ2) is 5.34. The number of aliphatic carboxylic acids is 1. The molecule has 0 aliphatic rings.